The zero-order valence-electron chi connectivity index (χ0n) is 14.2. The summed E-state index contributed by atoms with van der Waals surface area (Å²) in [7, 11) is 0. The van der Waals surface area contributed by atoms with Gasteiger partial charge in [0.2, 0.25) is 11.7 Å². The number of para-hydroxylation sites is 1. The molecule has 0 aliphatic heterocycles. The number of anilines is 1. The lowest BCUT2D eigenvalue weighted by atomic mass is 9.97. The fourth-order valence-electron chi connectivity index (χ4n) is 2.55. The summed E-state index contributed by atoms with van der Waals surface area (Å²) in [5.41, 5.74) is 2.30. The molecule has 3 rings (SSSR count). The van der Waals surface area contributed by atoms with Crippen LogP contribution in [0.25, 0.3) is 0 Å². The molecule has 4 heteroatoms. The number of ketones is 1. The lowest BCUT2D eigenvalue weighted by Gasteiger charge is -2.13. The Labute approximate surface area is 151 Å². The van der Waals surface area contributed by atoms with Crippen LogP contribution in [0, 0.1) is 6.92 Å². The van der Waals surface area contributed by atoms with Gasteiger partial charge in [-0.2, -0.15) is 0 Å². The van der Waals surface area contributed by atoms with Crippen molar-refractivity contribution < 1.29 is 9.59 Å². The van der Waals surface area contributed by atoms with Gasteiger partial charge in [0, 0.05) is 16.1 Å². The van der Waals surface area contributed by atoms with Crippen molar-refractivity contribution in [2.75, 3.05) is 5.32 Å². The number of nitrogens with one attached hydrogen (secondary N) is 1. The first kappa shape index (κ1) is 17.1. The fourth-order valence-corrected chi connectivity index (χ4v) is 3.37. The second kappa shape index (κ2) is 7.45. The number of carbonyl (C=O) groups excluding carboxylic acids is 2. The molecule has 3 nitrogen and oxygen atoms in total. The molecule has 0 radical (unpaired) electrons. The average molecular weight is 349 g/mol. The summed E-state index contributed by atoms with van der Waals surface area (Å²) in [6.45, 7) is 3.84. The highest BCUT2D eigenvalue weighted by Crippen LogP contribution is 2.22. The van der Waals surface area contributed by atoms with Gasteiger partial charge in [0.15, 0.2) is 0 Å². The predicted molar refractivity (Wildman–Crippen MR) is 102 cm³/mol. The van der Waals surface area contributed by atoms with Crippen LogP contribution in [-0.2, 0) is 4.79 Å². The van der Waals surface area contributed by atoms with Gasteiger partial charge in [0.05, 0.1) is 10.8 Å². The molecule has 126 valence electrons. The third-order valence-electron chi connectivity index (χ3n) is 4.07. The van der Waals surface area contributed by atoms with Gasteiger partial charge >= 0.3 is 0 Å². The quantitative estimate of drug-likeness (QED) is 0.657. The minimum absolute atomic E-state index is 0.0195. The van der Waals surface area contributed by atoms with Gasteiger partial charge in [0.1, 0.15) is 0 Å². The van der Waals surface area contributed by atoms with Crippen molar-refractivity contribution in [3.63, 3.8) is 0 Å². The number of aryl methyl sites for hydroxylation is 1. The van der Waals surface area contributed by atoms with Crippen molar-refractivity contribution in [2.45, 2.75) is 19.8 Å². The number of amides is 1. The molecule has 0 spiro atoms. The van der Waals surface area contributed by atoms with Gasteiger partial charge in [-0.1, -0.05) is 42.5 Å². The lowest BCUT2D eigenvalue weighted by Crippen LogP contribution is -2.18. The summed E-state index contributed by atoms with van der Waals surface area (Å²) < 4.78 is 0. The maximum absolute atomic E-state index is 12.4. The van der Waals surface area contributed by atoms with Crippen LogP contribution < -0.4 is 5.32 Å². The topological polar surface area (TPSA) is 46.2 Å². The zero-order chi connectivity index (χ0) is 17.8. The second-order valence-corrected chi connectivity index (χ2v) is 7.23. The van der Waals surface area contributed by atoms with E-state index < -0.39 is 0 Å². The van der Waals surface area contributed by atoms with E-state index >= 15 is 0 Å². The molecule has 0 saturated heterocycles. The molecule has 25 heavy (non-hydrogen) atoms. The highest BCUT2D eigenvalue weighted by atomic mass is 32.1. The largest absolute Gasteiger partial charge is 0.326 e. The monoisotopic (exact) mass is 349 g/mol. The smallest absolute Gasteiger partial charge is 0.231 e. The molecular formula is C21H19NO2S. The molecule has 0 saturated carbocycles. The number of carbonyl (C=O) groups is 2. The van der Waals surface area contributed by atoms with Crippen molar-refractivity contribution >= 4 is 28.7 Å². The van der Waals surface area contributed by atoms with Crippen molar-refractivity contribution in [3.8, 4) is 0 Å². The highest BCUT2D eigenvalue weighted by molar-refractivity contribution is 7.14. The van der Waals surface area contributed by atoms with Crippen LogP contribution in [0.15, 0.2) is 66.7 Å². The van der Waals surface area contributed by atoms with E-state index in [1.54, 1.807) is 12.1 Å². The molecule has 0 bridgehead atoms. The van der Waals surface area contributed by atoms with Crippen LogP contribution in [-0.4, -0.2) is 11.7 Å². The summed E-state index contributed by atoms with van der Waals surface area (Å²) >= 11 is 1.49. The van der Waals surface area contributed by atoms with Crippen LogP contribution >= 0.6 is 11.3 Å². The van der Waals surface area contributed by atoms with Gasteiger partial charge in [-0.05, 0) is 43.7 Å². The first-order valence-electron chi connectivity index (χ1n) is 8.11. The fraction of sp³-hybridized carbons (Fsp3) is 0.143. The van der Waals surface area contributed by atoms with Crippen LogP contribution in [0.4, 0.5) is 5.69 Å². The third-order valence-corrected chi connectivity index (χ3v) is 5.07. The van der Waals surface area contributed by atoms with E-state index in [0.717, 1.165) is 21.0 Å². The van der Waals surface area contributed by atoms with E-state index in [0.29, 0.717) is 5.56 Å². The Morgan fingerprint density at radius 1 is 0.920 bits per heavy atom. The van der Waals surface area contributed by atoms with E-state index in [1.165, 1.54) is 11.3 Å². The first-order chi connectivity index (χ1) is 12.0. The third kappa shape index (κ3) is 4.03. The number of rotatable bonds is 5. The van der Waals surface area contributed by atoms with Crippen LogP contribution in [0.1, 0.15) is 38.5 Å². The van der Waals surface area contributed by atoms with E-state index in [-0.39, 0.29) is 17.6 Å². The molecule has 1 N–H and O–H groups in total. The van der Waals surface area contributed by atoms with E-state index in [4.69, 9.17) is 0 Å². The highest BCUT2D eigenvalue weighted by Gasteiger charge is 2.17. The van der Waals surface area contributed by atoms with Crippen LogP contribution in [0.3, 0.4) is 0 Å². The molecule has 2 aromatic carbocycles. The minimum Gasteiger partial charge on any atom is -0.326 e. The molecule has 0 aliphatic rings. The minimum atomic E-state index is -0.298. The van der Waals surface area contributed by atoms with Gasteiger partial charge in [-0.25, -0.2) is 0 Å². The maximum atomic E-state index is 12.4. The molecule has 1 unspecified atom stereocenters. The van der Waals surface area contributed by atoms with Gasteiger partial charge < -0.3 is 5.32 Å². The van der Waals surface area contributed by atoms with Crippen molar-refractivity contribution in [1.29, 1.82) is 0 Å². The lowest BCUT2D eigenvalue weighted by molar-refractivity contribution is -0.117. The summed E-state index contributed by atoms with van der Waals surface area (Å²) in [6, 6.07) is 20.5. The SMILES string of the molecule is Cc1ccc(C(=O)c2ccc(C(C)C(=O)Nc3ccccc3)cc2)s1. The Morgan fingerprint density at radius 3 is 2.20 bits per heavy atom. The van der Waals surface area contributed by atoms with Crippen molar-refractivity contribution in [1.82, 2.24) is 0 Å². The van der Waals surface area contributed by atoms with Crippen LogP contribution in [0.5, 0.6) is 0 Å². The Balaban J connectivity index is 1.71. The average Bonchev–Trinajstić information content (AvgIpc) is 3.08. The number of thiophene rings is 1. The van der Waals surface area contributed by atoms with Crippen LogP contribution in [0.2, 0.25) is 0 Å². The summed E-state index contributed by atoms with van der Waals surface area (Å²) in [6.07, 6.45) is 0. The number of hydrogen-bond acceptors (Lipinski definition) is 3. The summed E-state index contributed by atoms with van der Waals surface area (Å²) in [5, 5.41) is 2.90. The normalized spacial score (nSPS) is 11.8. The van der Waals surface area contributed by atoms with E-state index in [9.17, 15) is 9.59 Å². The Bertz CT molecular complexity index is 882. The van der Waals surface area contributed by atoms with Crippen molar-refractivity contribution in [3.05, 3.63) is 87.6 Å². The van der Waals surface area contributed by atoms with E-state index in [1.807, 2.05) is 68.4 Å². The molecule has 1 aromatic heterocycles. The van der Waals surface area contributed by atoms with Gasteiger partial charge in [-0.3, -0.25) is 9.59 Å². The Kier molecular flexibility index (Phi) is 5.10. The van der Waals surface area contributed by atoms with E-state index in [2.05, 4.69) is 5.32 Å². The standard InChI is InChI=1S/C21H19NO2S/c1-14-8-13-19(25-14)20(23)17-11-9-16(10-12-17)15(2)21(24)22-18-6-4-3-5-7-18/h3-13,15H,1-2H3,(H,22,24). The van der Waals surface area contributed by atoms with Gasteiger partial charge in [-0.15, -0.1) is 11.3 Å². The maximum Gasteiger partial charge on any atom is 0.231 e. The molecule has 0 fully saturated rings. The zero-order valence-corrected chi connectivity index (χ0v) is 15.0. The molecular weight excluding hydrogens is 330 g/mol. The molecule has 0 aliphatic carbocycles. The molecule has 1 atom stereocenters. The summed E-state index contributed by atoms with van der Waals surface area (Å²) in [4.78, 5) is 26.7. The molecule has 1 heterocycles. The summed E-state index contributed by atoms with van der Waals surface area (Å²) in [5.74, 6) is -0.349. The number of benzene rings is 2. The number of hydrogen-bond donors (Lipinski definition) is 1. The Morgan fingerprint density at radius 2 is 1.60 bits per heavy atom. The van der Waals surface area contributed by atoms with Crippen molar-refractivity contribution in [2.24, 2.45) is 0 Å². The van der Waals surface area contributed by atoms with Gasteiger partial charge in [0.25, 0.3) is 0 Å². The Hall–Kier alpha value is -2.72. The first-order valence-corrected chi connectivity index (χ1v) is 8.93. The predicted octanol–water partition coefficient (Wildman–Crippen LogP) is 5.03. The molecule has 3 aromatic rings. The second-order valence-electron chi connectivity index (χ2n) is 5.94. The molecule has 1 amide bonds.